The quantitative estimate of drug-likeness (QED) is 0.167. The number of nitrogens with zero attached hydrogens (tertiary/aromatic N) is 4. The minimum Gasteiger partial charge on any atom is -0.509 e. The van der Waals surface area contributed by atoms with Gasteiger partial charge < -0.3 is 19.1 Å². The molecule has 0 N–H and O–H groups in total. The number of rotatable bonds is 4. The molecule has 3 heterocycles. The summed E-state index contributed by atoms with van der Waals surface area (Å²) in [5.41, 5.74) is 7.91. The Bertz CT molecular complexity index is 2030. The summed E-state index contributed by atoms with van der Waals surface area (Å²) >= 11 is 0. The average molecular weight is 774 g/mol. The van der Waals surface area contributed by atoms with Gasteiger partial charge in [0, 0.05) is 30.3 Å². The van der Waals surface area contributed by atoms with E-state index in [0.717, 1.165) is 34.6 Å². The zero-order chi connectivity index (χ0) is 30.8. The van der Waals surface area contributed by atoms with Crippen LogP contribution < -0.4 is 14.5 Å². The van der Waals surface area contributed by atoms with Crippen LogP contribution in [0, 0.1) is 12.1 Å². The molecule has 5 nitrogen and oxygen atoms in total. The Morgan fingerprint density at radius 2 is 1.40 bits per heavy atom. The van der Waals surface area contributed by atoms with Gasteiger partial charge in [0.1, 0.15) is 5.82 Å². The maximum Gasteiger partial charge on any atom is 2.00 e. The molecule has 7 rings (SSSR count). The summed E-state index contributed by atoms with van der Waals surface area (Å²) in [6, 6.07) is 36.8. The van der Waals surface area contributed by atoms with Crippen LogP contribution in [0.2, 0.25) is 0 Å². The SMILES string of the molecule is CN1CN(c2[c-]c(Oc3[c-]c4c(cc3)c3ccc(C(C)(C)C)cc3n4-c3cc(C(C)(C)C)ccn3)ccc2)c2ccccc21.[Pt+2]. The van der Waals surface area contributed by atoms with Gasteiger partial charge in [-0.05, 0) is 57.7 Å². The number of benzene rings is 4. The molecule has 45 heavy (non-hydrogen) atoms. The van der Waals surface area contributed by atoms with Crippen molar-refractivity contribution in [3.05, 3.63) is 114 Å². The molecule has 0 atom stereocenters. The van der Waals surface area contributed by atoms with Crippen molar-refractivity contribution in [1.29, 1.82) is 0 Å². The van der Waals surface area contributed by atoms with E-state index in [9.17, 15) is 0 Å². The molecule has 0 saturated heterocycles. The number of hydrogen-bond donors (Lipinski definition) is 0. The Morgan fingerprint density at radius 3 is 2.16 bits per heavy atom. The summed E-state index contributed by atoms with van der Waals surface area (Å²) in [5, 5.41) is 2.29. The van der Waals surface area contributed by atoms with Crippen molar-refractivity contribution in [2.45, 2.75) is 52.4 Å². The second-order valence-corrected chi connectivity index (χ2v) is 13.8. The Kier molecular flexibility index (Phi) is 7.81. The van der Waals surface area contributed by atoms with E-state index in [1.807, 2.05) is 24.4 Å². The minimum absolute atomic E-state index is 0. The Morgan fingerprint density at radius 1 is 0.711 bits per heavy atom. The fourth-order valence-electron chi connectivity index (χ4n) is 6.05. The summed E-state index contributed by atoms with van der Waals surface area (Å²) in [4.78, 5) is 9.37. The predicted molar refractivity (Wildman–Crippen MR) is 182 cm³/mol. The van der Waals surface area contributed by atoms with Crippen LogP contribution in [0.3, 0.4) is 0 Å². The molecule has 0 bridgehead atoms. The van der Waals surface area contributed by atoms with Crippen LogP contribution >= 0.6 is 0 Å². The van der Waals surface area contributed by atoms with Crippen LogP contribution in [0.15, 0.2) is 91.1 Å². The number of para-hydroxylation sites is 2. The van der Waals surface area contributed by atoms with Gasteiger partial charge in [-0.15, -0.1) is 35.7 Å². The first-order valence-electron chi connectivity index (χ1n) is 15.2. The van der Waals surface area contributed by atoms with Crippen molar-refractivity contribution in [2.75, 3.05) is 23.5 Å². The van der Waals surface area contributed by atoms with Gasteiger partial charge in [-0.3, -0.25) is 0 Å². The maximum absolute atomic E-state index is 6.46. The van der Waals surface area contributed by atoms with E-state index in [-0.39, 0.29) is 31.9 Å². The summed E-state index contributed by atoms with van der Waals surface area (Å²) in [5.74, 6) is 2.16. The van der Waals surface area contributed by atoms with Crippen molar-refractivity contribution in [2.24, 2.45) is 0 Å². The van der Waals surface area contributed by atoms with Crippen LogP contribution in [0.1, 0.15) is 52.7 Å². The third-order valence-corrected chi connectivity index (χ3v) is 8.56. The number of ether oxygens (including phenoxy) is 1. The Hall–Kier alpha value is -4.08. The van der Waals surface area contributed by atoms with Gasteiger partial charge in [-0.1, -0.05) is 77.0 Å². The first-order chi connectivity index (χ1) is 21.0. The third kappa shape index (κ3) is 5.64. The third-order valence-electron chi connectivity index (χ3n) is 8.56. The van der Waals surface area contributed by atoms with E-state index in [1.165, 1.54) is 27.9 Å². The molecular formula is C39H38N4OPt. The first-order valence-corrected chi connectivity index (χ1v) is 15.2. The van der Waals surface area contributed by atoms with Crippen LogP contribution in [0.25, 0.3) is 27.6 Å². The number of pyridine rings is 1. The average Bonchev–Trinajstić information content (AvgIpc) is 3.50. The smallest absolute Gasteiger partial charge is 0.509 e. The number of fused-ring (bicyclic) bond motifs is 4. The van der Waals surface area contributed by atoms with Gasteiger partial charge in [-0.25, -0.2) is 4.98 Å². The van der Waals surface area contributed by atoms with Gasteiger partial charge in [0.05, 0.1) is 18.0 Å². The topological polar surface area (TPSA) is 33.5 Å². The molecule has 1 aliphatic heterocycles. The fraction of sp³-hybridized carbons (Fsp3) is 0.256. The molecule has 0 radical (unpaired) electrons. The summed E-state index contributed by atoms with van der Waals surface area (Å²) in [7, 11) is 2.11. The molecular weight excluding hydrogens is 736 g/mol. The van der Waals surface area contributed by atoms with Crippen LogP contribution in [-0.2, 0) is 31.9 Å². The molecule has 0 fully saturated rings. The Labute approximate surface area is 280 Å². The maximum atomic E-state index is 6.46. The van der Waals surface area contributed by atoms with Gasteiger partial charge in [0.15, 0.2) is 0 Å². The van der Waals surface area contributed by atoms with Crippen molar-refractivity contribution in [1.82, 2.24) is 9.55 Å². The standard InChI is InChI=1S/C39H38N4O.Pt/c1-38(2,3)26-15-17-31-32-18-16-30(24-36(32)43(35(31)21-26)37-22-27(19-20-40-37)39(4,5)6)44-29-12-10-11-28(23-29)42-25-41(7)33-13-8-9-14-34(33)42;/h8-22H,25H2,1-7H3;/q-2;+2. The molecule has 6 heteroatoms. The summed E-state index contributed by atoms with van der Waals surface area (Å²) < 4.78 is 8.69. The van der Waals surface area contributed by atoms with Crippen molar-refractivity contribution < 1.29 is 25.8 Å². The molecule has 230 valence electrons. The molecule has 2 aromatic heterocycles. The zero-order valence-electron chi connectivity index (χ0n) is 26.9. The molecule has 0 unspecified atom stereocenters. The Balaban J connectivity index is 0.00000357. The molecule has 0 spiro atoms. The molecule has 0 amide bonds. The monoisotopic (exact) mass is 773 g/mol. The zero-order valence-corrected chi connectivity index (χ0v) is 29.2. The van der Waals surface area contributed by atoms with Gasteiger partial charge >= 0.3 is 21.1 Å². The van der Waals surface area contributed by atoms with Crippen molar-refractivity contribution >= 4 is 38.9 Å². The number of hydrogen-bond acceptors (Lipinski definition) is 4. The van der Waals surface area contributed by atoms with E-state index in [1.54, 1.807) is 0 Å². The second kappa shape index (κ2) is 11.4. The van der Waals surface area contributed by atoms with E-state index in [0.29, 0.717) is 11.5 Å². The van der Waals surface area contributed by atoms with E-state index in [2.05, 4.69) is 142 Å². The van der Waals surface area contributed by atoms with E-state index >= 15 is 0 Å². The molecule has 1 aliphatic rings. The number of aromatic nitrogens is 2. The second-order valence-electron chi connectivity index (χ2n) is 13.8. The van der Waals surface area contributed by atoms with Crippen LogP contribution in [0.4, 0.5) is 17.1 Å². The minimum atomic E-state index is -0.00345. The fourth-order valence-corrected chi connectivity index (χ4v) is 6.05. The van der Waals surface area contributed by atoms with Gasteiger partial charge in [-0.2, -0.15) is 12.1 Å². The molecule has 0 saturated carbocycles. The number of anilines is 3. The van der Waals surface area contributed by atoms with Crippen molar-refractivity contribution in [3.8, 4) is 17.3 Å². The summed E-state index contributed by atoms with van der Waals surface area (Å²) in [6.07, 6.45) is 1.91. The van der Waals surface area contributed by atoms with E-state index < -0.39 is 0 Å². The molecule has 6 aromatic rings. The van der Waals surface area contributed by atoms with Gasteiger partial charge in [0.25, 0.3) is 0 Å². The first kappa shape index (κ1) is 30.9. The molecule has 0 aliphatic carbocycles. The molecule has 4 aromatic carbocycles. The largest absolute Gasteiger partial charge is 2.00 e. The van der Waals surface area contributed by atoms with E-state index in [4.69, 9.17) is 9.72 Å². The van der Waals surface area contributed by atoms with Crippen LogP contribution in [0.5, 0.6) is 11.5 Å². The van der Waals surface area contributed by atoms with Crippen LogP contribution in [-0.4, -0.2) is 23.3 Å². The van der Waals surface area contributed by atoms with Crippen molar-refractivity contribution in [3.63, 3.8) is 0 Å². The normalized spacial score (nSPS) is 13.3. The van der Waals surface area contributed by atoms with Gasteiger partial charge in [0.2, 0.25) is 0 Å². The predicted octanol–water partition coefficient (Wildman–Crippen LogP) is 9.71. The summed E-state index contributed by atoms with van der Waals surface area (Å²) in [6.45, 7) is 14.2.